The lowest BCUT2D eigenvalue weighted by Crippen LogP contribution is -2.43. The molecule has 3 N–H and O–H groups in total. The number of methoxy groups -OCH3 is 1. The minimum atomic E-state index is -0.222. The summed E-state index contributed by atoms with van der Waals surface area (Å²) in [5.41, 5.74) is 1.62. The van der Waals surface area contributed by atoms with Crippen LogP contribution in [0.3, 0.4) is 0 Å². The van der Waals surface area contributed by atoms with Crippen molar-refractivity contribution < 1.29 is 13.9 Å². The summed E-state index contributed by atoms with van der Waals surface area (Å²) in [4.78, 5) is 16.0. The van der Waals surface area contributed by atoms with E-state index in [1.165, 1.54) is 6.07 Å². The predicted octanol–water partition coefficient (Wildman–Crippen LogP) is 2.48. The molecule has 0 aromatic heterocycles. The van der Waals surface area contributed by atoms with E-state index in [1.54, 1.807) is 32.4 Å². The van der Waals surface area contributed by atoms with Crippen LogP contribution in [-0.4, -0.2) is 39.1 Å². The third-order valence-electron chi connectivity index (χ3n) is 3.93. The largest absolute Gasteiger partial charge is 0.497 e. The summed E-state index contributed by atoms with van der Waals surface area (Å²) in [6, 6.07) is 14.2. The monoisotopic (exact) mass is 500 g/mol. The summed E-state index contributed by atoms with van der Waals surface area (Å²) in [7, 11) is 3.23. The van der Waals surface area contributed by atoms with E-state index in [1.807, 2.05) is 24.3 Å². The molecule has 0 heterocycles. The molecule has 8 heteroatoms. The van der Waals surface area contributed by atoms with Crippen LogP contribution in [0.2, 0.25) is 0 Å². The molecule has 6 nitrogen and oxygen atoms in total. The fourth-order valence-electron chi connectivity index (χ4n) is 2.41. The van der Waals surface area contributed by atoms with Gasteiger partial charge in [-0.15, -0.1) is 24.0 Å². The van der Waals surface area contributed by atoms with Gasteiger partial charge in [-0.1, -0.05) is 30.3 Å². The van der Waals surface area contributed by atoms with Crippen LogP contribution in [0, 0.1) is 5.82 Å². The van der Waals surface area contributed by atoms with Crippen molar-refractivity contribution in [1.82, 2.24) is 16.0 Å². The van der Waals surface area contributed by atoms with Gasteiger partial charge in [0.25, 0.3) is 0 Å². The van der Waals surface area contributed by atoms with Crippen molar-refractivity contribution in [2.75, 3.05) is 27.2 Å². The van der Waals surface area contributed by atoms with E-state index in [4.69, 9.17) is 4.74 Å². The Morgan fingerprint density at radius 3 is 2.43 bits per heavy atom. The topological polar surface area (TPSA) is 74.8 Å². The van der Waals surface area contributed by atoms with Crippen molar-refractivity contribution in [2.24, 2.45) is 4.99 Å². The second-order valence-electron chi connectivity index (χ2n) is 5.82. The molecular formula is C20H26FIN4O2. The van der Waals surface area contributed by atoms with Crippen molar-refractivity contribution in [3.8, 4) is 5.75 Å². The first-order valence-corrected chi connectivity index (χ1v) is 8.70. The molecule has 0 saturated heterocycles. The maximum Gasteiger partial charge on any atom is 0.239 e. The minimum absolute atomic E-state index is 0. The van der Waals surface area contributed by atoms with Gasteiger partial charge in [-0.25, -0.2) is 4.39 Å². The Labute approximate surface area is 182 Å². The summed E-state index contributed by atoms with van der Waals surface area (Å²) in [5, 5.41) is 8.83. The average Bonchev–Trinajstić information content (AvgIpc) is 2.70. The lowest BCUT2D eigenvalue weighted by Gasteiger charge is -2.12. The van der Waals surface area contributed by atoms with Gasteiger partial charge in [0.15, 0.2) is 5.96 Å². The highest BCUT2D eigenvalue weighted by Gasteiger charge is 2.05. The van der Waals surface area contributed by atoms with E-state index in [2.05, 4.69) is 20.9 Å². The number of halogens is 2. The molecule has 0 bridgehead atoms. The summed E-state index contributed by atoms with van der Waals surface area (Å²) >= 11 is 0. The fourth-order valence-corrected chi connectivity index (χ4v) is 2.41. The summed E-state index contributed by atoms with van der Waals surface area (Å²) in [6.45, 7) is 1.04. The zero-order chi connectivity index (χ0) is 19.5. The van der Waals surface area contributed by atoms with Crippen molar-refractivity contribution in [2.45, 2.75) is 13.0 Å². The van der Waals surface area contributed by atoms with Crippen LogP contribution in [0.5, 0.6) is 5.75 Å². The van der Waals surface area contributed by atoms with E-state index in [0.717, 1.165) is 11.3 Å². The summed E-state index contributed by atoms with van der Waals surface area (Å²) < 4.78 is 18.7. The number of amides is 1. The number of nitrogens with zero attached hydrogens (tertiary/aromatic N) is 1. The first kappa shape index (κ1) is 23.7. The van der Waals surface area contributed by atoms with Crippen LogP contribution in [0.25, 0.3) is 0 Å². The number of nitrogens with one attached hydrogen (secondary N) is 3. The van der Waals surface area contributed by atoms with Gasteiger partial charge in [0.2, 0.25) is 5.91 Å². The van der Waals surface area contributed by atoms with Crippen LogP contribution < -0.4 is 20.7 Å². The zero-order valence-electron chi connectivity index (χ0n) is 16.0. The molecule has 2 aromatic carbocycles. The van der Waals surface area contributed by atoms with E-state index in [0.29, 0.717) is 31.0 Å². The van der Waals surface area contributed by atoms with Gasteiger partial charge >= 0.3 is 0 Å². The highest BCUT2D eigenvalue weighted by molar-refractivity contribution is 14.0. The van der Waals surface area contributed by atoms with Gasteiger partial charge in [0.05, 0.1) is 13.7 Å². The van der Waals surface area contributed by atoms with Crippen LogP contribution in [-0.2, 0) is 17.8 Å². The van der Waals surface area contributed by atoms with Crippen molar-refractivity contribution >= 4 is 35.8 Å². The number of aliphatic imine (C=N–C) groups is 1. The lowest BCUT2D eigenvalue weighted by molar-refractivity contribution is -0.120. The van der Waals surface area contributed by atoms with Crippen LogP contribution in [0.15, 0.2) is 53.5 Å². The van der Waals surface area contributed by atoms with E-state index >= 15 is 0 Å². The number of carbonyl (C=O) groups excluding carboxylic acids is 1. The van der Waals surface area contributed by atoms with Crippen LogP contribution in [0.1, 0.15) is 11.1 Å². The SMILES string of the molecule is CN=C(NCCc1ccccc1F)NCC(=O)NCc1ccc(OC)cc1.I. The van der Waals surface area contributed by atoms with E-state index in [9.17, 15) is 9.18 Å². The molecular weight excluding hydrogens is 474 g/mol. The van der Waals surface area contributed by atoms with Crippen molar-refractivity contribution in [3.63, 3.8) is 0 Å². The molecule has 0 aliphatic heterocycles. The molecule has 0 saturated carbocycles. The average molecular weight is 500 g/mol. The molecule has 1 amide bonds. The van der Waals surface area contributed by atoms with Crippen LogP contribution in [0.4, 0.5) is 4.39 Å². The minimum Gasteiger partial charge on any atom is -0.497 e. The molecule has 0 atom stereocenters. The second-order valence-corrected chi connectivity index (χ2v) is 5.82. The molecule has 2 rings (SSSR count). The van der Waals surface area contributed by atoms with Gasteiger partial charge in [0.1, 0.15) is 11.6 Å². The normalized spacial score (nSPS) is 10.6. The highest BCUT2D eigenvalue weighted by atomic mass is 127. The molecule has 28 heavy (non-hydrogen) atoms. The first-order valence-electron chi connectivity index (χ1n) is 8.70. The standard InChI is InChI=1S/C20H25FN4O2.HI/c1-22-20(23-12-11-16-5-3-4-6-18(16)21)25-14-19(26)24-13-15-7-9-17(27-2)10-8-15;/h3-10H,11-14H2,1-2H3,(H,24,26)(H2,22,23,25);1H. The Balaban J connectivity index is 0.00000392. The highest BCUT2D eigenvalue weighted by Crippen LogP contribution is 2.10. The third-order valence-corrected chi connectivity index (χ3v) is 3.93. The second kappa shape index (κ2) is 12.9. The third kappa shape index (κ3) is 8.12. The van der Waals surface area contributed by atoms with Crippen molar-refractivity contribution in [1.29, 1.82) is 0 Å². The summed E-state index contributed by atoms with van der Waals surface area (Å²) in [6.07, 6.45) is 0.525. The Morgan fingerprint density at radius 1 is 1.07 bits per heavy atom. The molecule has 152 valence electrons. The van der Waals surface area contributed by atoms with Gasteiger partial charge in [-0.2, -0.15) is 0 Å². The number of hydrogen-bond acceptors (Lipinski definition) is 3. The van der Waals surface area contributed by atoms with Gasteiger partial charge in [-0.05, 0) is 35.7 Å². The molecule has 0 aliphatic rings. The Bertz CT molecular complexity index is 769. The molecule has 2 aromatic rings. The number of hydrogen-bond donors (Lipinski definition) is 3. The smallest absolute Gasteiger partial charge is 0.239 e. The van der Waals surface area contributed by atoms with Gasteiger partial charge < -0.3 is 20.7 Å². The molecule has 0 fully saturated rings. The zero-order valence-corrected chi connectivity index (χ0v) is 18.3. The Hall–Kier alpha value is -2.36. The molecule has 0 unspecified atom stereocenters. The number of rotatable bonds is 8. The maximum atomic E-state index is 13.6. The molecule has 0 spiro atoms. The molecule has 0 radical (unpaired) electrons. The predicted molar refractivity (Wildman–Crippen MR) is 120 cm³/mol. The lowest BCUT2D eigenvalue weighted by atomic mass is 10.1. The van der Waals surface area contributed by atoms with Crippen LogP contribution >= 0.6 is 24.0 Å². The van der Waals surface area contributed by atoms with Crippen molar-refractivity contribution in [3.05, 3.63) is 65.5 Å². The quantitative estimate of drug-likeness (QED) is 0.296. The number of ether oxygens (including phenoxy) is 1. The maximum absolute atomic E-state index is 13.6. The fraction of sp³-hybridized carbons (Fsp3) is 0.300. The van der Waals surface area contributed by atoms with Gasteiger partial charge in [-0.3, -0.25) is 9.79 Å². The van der Waals surface area contributed by atoms with E-state index < -0.39 is 0 Å². The van der Waals surface area contributed by atoms with E-state index in [-0.39, 0.29) is 42.2 Å². The Morgan fingerprint density at radius 2 is 1.79 bits per heavy atom. The summed E-state index contributed by atoms with van der Waals surface area (Å²) in [5.74, 6) is 0.894. The first-order chi connectivity index (χ1) is 13.1. The number of carbonyl (C=O) groups is 1. The Kier molecular flexibility index (Phi) is 10.9. The molecule has 0 aliphatic carbocycles. The number of benzene rings is 2. The van der Waals surface area contributed by atoms with Gasteiger partial charge in [0, 0.05) is 20.1 Å². The number of guanidine groups is 1.